The molecule has 2 rings (SSSR count). The van der Waals surface area contributed by atoms with Crippen molar-refractivity contribution in [2.45, 2.75) is 0 Å². The fraction of sp³-hybridized carbons (Fsp3) is 0.118. The van der Waals surface area contributed by atoms with Gasteiger partial charge in [0.05, 0.1) is 42.4 Å². The van der Waals surface area contributed by atoms with Crippen molar-refractivity contribution >= 4 is 39.9 Å². The Bertz CT molecular complexity index is 839. The number of nitro benzene ring substituents is 1. The molecule has 2 aromatic carbocycles. The molecule has 0 spiro atoms. The first-order valence-corrected chi connectivity index (χ1v) is 7.86. The molecule has 0 saturated heterocycles. The molecule has 0 bridgehead atoms. The number of methoxy groups -OCH3 is 2. The minimum atomic E-state index is -0.517. The molecule has 0 N–H and O–H groups in total. The Kier molecular flexibility index (Phi) is 5.76. The molecule has 0 radical (unpaired) electrons. The molecule has 0 fully saturated rings. The van der Waals surface area contributed by atoms with Crippen LogP contribution in [0.2, 0.25) is 0 Å². The van der Waals surface area contributed by atoms with Gasteiger partial charge in [-0.1, -0.05) is 12.1 Å². The minimum Gasteiger partial charge on any atom is -0.493 e. The molecule has 0 unspecified atom stereocenters. The Morgan fingerprint density at radius 2 is 1.79 bits per heavy atom. The highest BCUT2D eigenvalue weighted by Gasteiger charge is 2.19. The summed E-state index contributed by atoms with van der Waals surface area (Å²) < 4.78 is 11.3. The highest BCUT2D eigenvalue weighted by Crippen LogP contribution is 2.36. The molecular weight excluding hydrogens is 423 g/mol. The van der Waals surface area contributed by atoms with Crippen LogP contribution < -0.4 is 9.47 Å². The van der Waals surface area contributed by atoms with E-state index in [1.54, 1.807) is 12.1 Å². The first-order valence-electron chi connectivity index (χ1n) is 6.78. The summed E-state index contributed by atoms with van der Waals surface area (Å²) in [5.74, 6) is 0.614. The van der Waals surface area contributed by atoms with Crippen LogP contribution in [0.4, 0.5) is 5.69 Å². The number of ether oxygens (including phenoxy) is 2. The summed E-state index contributed by atoms with van der Waals surface area (Å²) >= 11 is 2.16. The monoisotopic (exact) mass is 436 g/mol. The van der Waals surface area contributed by atoms with E-state index in [0.29, 0.717) is 16.9 Å². The Morgan fingerprint density at radius 1 is 1.21 bits per heavy atom. The number of nitriles is 1. The van der Waals surface area contributed by atoms with Gasteiger partial charge in [-0.3, -0.25) is 10.1 Å². The molecule has 0 aliphatic carbocycles. The maximum atomic E-state index is 11.3. The fourth-order valence-corrected chi connectivity index (χ4v) is 2.48. The zero-order chi connectivity index (χ0) is 17.7. The van der Waals surface area contributed by atoms with Crippen molar-refractivity contribution in [2.75, 3.05) is 14.2 Å². The van der Waals surface area contributed by atoms with E-state index in [1.165, 1.54) is 32.4 Å². The van der Waals surface area contributed by atoms with E-state index in [-0.39, 0.29) is 17.0 Å². The summed E-state index contributed by atoms with van der Waals surface area (Å²) in [6, 6.07) is 12.2. The summed E-state index contributed by atoms with van der Waals surface area (Å²) in [5.41, 5.74) is 1.11. The molecule has 0 aromatic heterocycles. The van der Waals surface area contributed by atoms with Crippen molar-refractivity contribution in [3.63, 3.8) is 0 Å². The number of hydrogen-bond acceptors (Lipinski definition) is 5. The first-order chi connectivity index (χ1) is 11.5. The van der Waals surface area contributed by atoms with Crippen LogP contribution in [0.3, 0.4) is 0 Å². The fourth-order valence-electron chi connectivity index (χ4n) is 2.12. The maximum Gasteiger partial charge on any atom is 0.280 e. The van der Waals surface area contributed by atoms with E-state index in [1.807, 2.05) is 12.1 Å². The van der Waals surface area contributed by atoms with E-state index in [2.05, 4.69) is 28.7 Å². The standard InChI is InChI=1S/C17H13IN2O4/c1-23-16-8-12(15(20(21)22)9-17(16)24-2)7-13(10-19)11-3-5-14(18)6-4-11/h3-9H,1-2H3. The van der Waals surface area contributed by atoms with Crippen molar-refractivity contribution in [3.05, 3.63) is 61.2 Å². The van der Waals surface area contributed by atoms with E-state index in [0.717, 1.165) is 3.57 Å². The number of hydrogen-bond donors (Lipinski definition) is 0. The highest BCUT2D eigenvalue weighted by molar-refractivity contribution is 14.1. The van der Waals surface area contributed by atoms with E-state index in [9.17, 15) is 15.4 Å². The second kappa shape index (κ2) is 7.79. The van der Waals surface area contributed by atoms with Gasteiger partial charge in [0, 0.05) is 3.57 Å². The molecule has 0 heterocycles. The van der Waals surface area contributed by atoms with Gasteiger partial charge in [-0.2, -0.15) is 5.26 Å². The number of nitrogens with zero attached hydrogens (tertiary/aromatic N) is 2. The van der Waals surface area contributed by atoms with Crippen LogP contribution >= 0.6 is 22.6 Å². The molecule has 2 aromatic rings. The van der Waals surface area contributed by atoms with Gasteiger partial charge in [-0.15, -0.1) is 0 Å². The Hall–Kier alpha value is -2.60. The van der Waals surface area contributed by atoms with E-state index >= 15 is 0 Å². The lowest BCUT2D eigenvalue weighted by molar-refractivity contribution is -0.385. The zero-order valence-corrected chi connectivity index (χ0v) is 15.1. The molecule has 122 valence electrons. The Balaban J connectivity index is 2.62. The van der Waals surface area contributed by atoms with E-state index < -0.39 is 4.92 Å². The number of allylic oxidation sites excluding steroid dienone is 1. The van der Waals surface area contributed by atoms with Crippen LogP contribution in [0.1, 0.15) is 11.1 Å². The summed E-state index contributed by atoms with van der Waals surface area (Å²) in [5, 5.41) is 20.8. The van der Waals surface area contributed by atoms with Crippen molar-refractivity contribution in [1.82, 2.24) is 0 Å². The normalized spacial score (nSPS) is 10.8. The lowest BCUT2D eigenvalue weighted by Gasteiger charge is -2.09. The number of benzene rings is 2. The van der Waals surface area contributed by atoms with Crippen LogP contribution in [0, 0.1) is 25.0 Å². The molecule has 0 aliphatic rings. The largest absolute Gasteiger partial charge is 0.493 e. The quantitative estimate of drug-likeness (QED) is 0.230. The number of nitro groups is 1. The van der Waals surface area contributed by atoms with Gasteiger partial charge in [0.15, 0.2) is 11.5 Å². The predicted octanol–water partition coefficient (Wildman–Crippen LogP) is 4.28. The summed E-state index contributed by atoms with van der Waals surface area (Å²) in [4.78, 5) is 10.8. The second-order valence-electron chi connectivity index (χ2n) is 4.70. The van der Waals surface area contributed by atoms with Gasteiger partial charge in [0.25, 0.3) is 5.69 Å². The average molecular weight is 436 g/mol. The molecule has 24 heavy (non-hydrogen) atoms. The van der Waals surface area contributed by atoms with Crippen molar-refractivity contribution in [1.29, 1.82) is 5.26 Å². The predicted molar refractivity (Wildman–Crippen MR) is 98.8 cm³/mol. The first kappa shape index (κ1) is 17.7. The van der Waals surface area contributed by atoms with Gasteiger partial charge in [-0.05, 0) is 52.4 Å². The maximum absolute atomic E-state index is 11.3. The Morgan fingerprint density at radius 3 is 2.29 bits per heavy atom. The Labute approximate surface area is 152 Å². The van der Waals surface area contributed by atoms with Gasteiger partial charge >= 0.3 is 0 Å². The lowest BCUT2D eigenvalue weighted by Crippen LogP contribution is -1.97. The van der Waals surface area contributed by atoms with Crippen LogP contribution in [0.5, 0.6) is 11.5 Å². The molecule has 0 saturated carbocycles. The zero-order valence-electron chi connectivity index (χ0n) is 12.9. The molecule has 0 aliphatic heterocycles. The van der Waals surface area contributed by atoms with Crippen molar-refractivity contribution in [2.24, 2.45) is 0 Å². The van der Waals surface area contributed by atoms with Crippen LogP contribution in [-0.4, -0.2) is 19.1 Å². The van der Waals surface area contributed by atoms with Gasteiger partial charge in [-0.25, -0.2) is 0 Å². The van der Waals surface area contributed by atoms with Gasteiger partial charge < -0.3 is 9.47 Å². The molecule has 0 amide bonds. The SMILES string of the molecule is COc1cc(C=C(C#N)c2ccc(I)cc2)c([N+](=O)[O-])cc1OC. The topological polar surface area (TPSA) is 85.4 Å². The van der Waals surface area contributed by atoms with Crippen LogP contribution in [0.15, 0.2) is 36.4 Å². The van der Waals surface area contributed by atoms with Crippen LogP contribution in [-0.2, 0) is 0 Å². The van der Waals surface area contributed by atoms with Gasteiger partial charge in [0.1, 0.15) is 0 Å². The molecule has 0 atom stereocenters. The van der Waals surface area contributed by atoms with Gasteiger partial charge in [0.2, 0.25) is 0 Å². The average Bonchev–Trinajstić information content (AvgIpc) is 2.59. The number of halogens is 1. The lowest BCUT2D eigenvalue weighted by atomic mass is 10.0. The smallest absolute Gasteiger partial charge is 0.280 e. The molecule has 7 heteroatoms. The third-order valence-electron chi connectivity index (χ3n) is 3.31. The second-order valence-corrected chi connectivity index (χ2v) is 5.95. The summed E-state index contributed by atoms with van der Waals surface area (Å²) in [6.45, 7) is 0. The number of rotatable bonds is 5. The molecule has 6 nitrogen and oxygen atoms in total. The van der Waals surface area contributed by atoms with Crippen molar-refractivity contribution in [3.8, 4) is 17.6 Å². The van der Waals surface area contributed by atoms with Crippen LogP contribution in [0.25, 0.3) is 11.6 Å². The van der Waals surface area contributed by atoms with Crippen molar-refractivity contribution < 1.29 is 14.4 Å². The third kappa shape index (κ3) is 3.83. The third-order valence-corrected chi connectivity index (χ3v) is 4.02. The highest BCUT2D eigenvalue weighted by atomic mass is 127. The summed E-state index contributed by atoms with van der Waals surface area (Å²) in [6.07, 6.45) is 1.47. The molecular formula is C17H13IN2O4. The van der Waals surface area contributed by atoms with E-state index in [4.69, 9.17) is 9.47 Å². The minimum absolute atomic E-state index is 0.161. The summed E-state index contributed by atoms with van der Waals surface area (Å²) in [7, 11) is 2.85.